The summed E-state index contributed by atoms with van der Waals surface area (Å²) in [6.45, 7) is 12.0. The topological polar surface area (TPSA) is 15.3 Å². The number of anilines is 1. The Morgan fingerprint density at radius 1 is 1.25 bits per heavy atom. The molecule has 0 radical (unpaired) electrons. The first-order valence-corrected chi connectivity index (χ1v) is 7.81. The molecule has 0 unspecified atom stereocenters. The predicted molar refractivity (Wildman–Crippen MR) is 88.2 cm³/mol. The highest BCUT2D eigenvalue weighted by atomic mass is 15.2. The Hall–Kier alpha value is -1.28. The third-order valence-electron chi connectivity index (χ3n) is 4.55. The van der Waals surface area contributed by atoms with Crippen molar-refractivity contribution in [2.24, 2.45) is 0 Å². The molecule has 0 fully saturated rings. The predicted octanol–water partition coefficient (Wildman–Crippen LogP) is 4.12. The standard InChI is InChI=1S/C18H28N2/c1-5-18(6-2)14-20(12-11-15(3)4)17-10-8-7-9-16(17)13-19-18/h7-11,19H,5-6,12-14H2,1-4H3. The van der Waals surface area contributed by atoms with Gasteiger partial charge in [0.05, 0.1) is 0 Å². The number of benzene rings is 1. The fraction of sp³-hybridized carbons (Fsp3) is 0.556. The maximum atomic E-state index is 3.81. The molecule has 0 amide bonds. The fourth-order valence-electron chi connectivity index (χ4n) is 2.94. The molecule has 0 atom stereocenters. The molecular weight excluding hydrogens is 244 g/mol. The first-order valence-electron chi connectivity index (χ1n) is 7.81. The van der Waals surface area contributed by atoms with E-state index in [1.165, 1.54) is 29.7 Å². The van der Waals surface area contributed by atoms with Crippen molar-refractivity contribution in [3.63, 3.8) is 0 Å². The van der Waals surface area contributed by atoms with E-state index < -0.39 is 0 Å². The van der Waals surface area contributed by atoms with E-state index >= 15 is 0 Å². The number of fused-ring (bicyclic) bond motifs is 1. The zero-order valence-corrected chi connectivity index (χ0v) is 13.4. The van der Waals surface area contributed by atoms with Gasteiger partial charge in [0.25, 0.3) is 0 Å². The van der Waals surface area contributed by atoms with Crippen molar-refractivity contribution in [2.45, 2.75) is 52.6 Å². The number of rotatable bonds is 4. The first-order chi connectivity index (χ1) is 9.60. The molecule has 0 bridgehead atoms. The summed E-state index contributed by atoms with van der Waals surface area (Å²) in [6.07, 6.45) is 4.67. The Bertz CT molecular complexity index is 468. The molecule has 110 valence electrons. The number of nitrogens with one attached hydrogen (secondary N) is 1. The first kappa shape index (κ1) is 15.1. The van der Waals surface area contributed by atoms with E-state index in [0.29, 0.717) is 0 Å². The van der Waals surface area contributed by atoms with E-state index in [-0.39, 0.29) is 5.54 Å². The Morgan fingerprint density at radius 2 is 1.95 bits per heavy atom. The molecule has 2 heteroatoms. The Labute approximate surface area is 123 Å². The fourth-order valence-corrected chi connectivity index (χ4v) is 2.94. The molecule has 1 aliphatic rings. The van der Waals surface area contributed by atoms with Gasteiger partial charge < -0.3 is 10.2 Å². The molecule has 0 saturated heterocycles. The van der Waals surface area contributed by atoms with E-state index in [4.69, 9.17) is 0 Å². The van der Waals surface area contributed by atoms with Crippen LogP contribution in [0.25, 0.3) is 0 Å². The van der Waals surface area contributed by atoms with Gasteiger partial charge in [0.1, 0.15) is 0 Å². The van der Waals surface area contributed by atoms with Crippen molar-refractivity contribution < 1.29 is 0 Å². The van der Waals surface area contributed by atoms with Gasteiger partial charge in [0, 0.05) is 30.9 Å². The average Bonchev–Trinajstić information content (AvgIpc) is 2.63. The number of hydrogen-bond acceptors (Lipinski definition) is 2. The molecule has 0 spiro atoms. The second-order valence-corrected chi connectivity index (χ2v) is 6.13. The summed E-state index contributed by atoms with van der Waals surface area (Å²) in [5, 5.41) is 3.81. The van der Waals surface area contributed by atoms with Crippen molar-refractivity contribution in [2.75, 3.05) is 18.0 Å². The lowest BCUT2D eigenvalue weighted by molar-refractivity contribution is 0.309. The Morgan fingerprint density at radius 3 is 2.60 bits per heavy atom. The van der Waals surface area contributed by atoms with Gasteiger partial charge in [-0.15, -0.1) is 0 Å². The quantitative estimate of drug-likeness (QED) is 0.829. The van der Waals surface area contributed by atoms with Gasteiger partial charge in [-0.1, -0.05) is 43.7 Å². The molecule has 0 aliphatic carbocycles. The van der Waals surface area contributed by atoms with Crippen molar-refractivity contribution in [3.8, 4) is 0 Å². The highest BCUT2D eigenvalue weighted by Gasteiger charge is 2.31. The van der Waals surface area contributed by atoms with Crippen molar-refractivity contribution >= 4 is 5.69 Å². The van der Waals surface area contributed by atoms with E-state index in [2.05, 4.69) is 68.3 Å². The number of nitrogens with zero attached hydrogens (tertiary/aromatic N) is 1. The summed E-state index contributed by atoms with van der Waals surface area (Å²) in [5.41, 5.74) is 4.42. The third kappa shape index (κ3) is 3.24. The number of allylic oxidation sites excluding steroid dienone is 1. The van der Waals surface area contributed by atoms with Crippen molar-refractivity contribution in [1.82, 2.24) is 5.32 Å². The zero-order chi connectivity index (χ0) is 14.6. The van der Waals surface area contributed by atoms with Crippen LogP contribution in [0.3, 0.4) is 0 Å². The smallest absolute Gasteiger partial charge is 0.0415 e. The highest BCUT2D eigenvalue weighted by molar-refractivity contribution is 5.55. The Kier molecular flexibility index (Phi) is 4.87. The van der Waals surface area contributed by atoms with Crippen molar-refractivity contribution in [3.05, 3.63) is 41.5 Å². The van der Waals surface area contributed by atoms with Gasteiger partial charge in [-0.25, -0.2) is 0 Å². The normalized spacial score (nSPS) is 17.3. The summed E-state index contributed by atoms with van der Waals surface area (Å²) in [6, 6.07) is 8.81. The van der Waals surface area contributed by atoms with Crippen molar-refractivity contribution in [1.29, 1.82) is 0 Å². The van der Waals surface area contributed by atoms with Crippen LogP contribution in [0.1, 0.15) is 46.1 Å². The van der Waals surface area contributed by atoms with Crippen LogP contribution >= 0.6 is 0 Å². The lowest BCUT2D eigenvalue weighted by atomic mass is 9.92. The third-order valence-corrected chi connectivity index (χ3v) is 4.55. The van der Waals surface area contributed by atoms with Gasteiger partial charge in [-0.2, -0.15) is 0 Å². The van der Waals surface area contributed by atoms with Gasteiger partial charge in [-0.05, 0) is 38.3 Å². The summed E-state index contributed by atoms with van der Waals surface area (Å²) in [5.74, 6) is 0. The number of hydrogen-bond donors (Lipinski definition) is 1. The van der Waals surface area contributed by atoms with Crippen LogP contribution in [0, 0.1) is 0 Å². The molecule has 20 heavy (non-hydrogen) atoms. The lowest BCUT2D eigenvalue weighted by Gasteiger charge is -2.36. The molecule has 2 nitrogen and oxygen atoms in total. The minimum Gasteiger partial charge on any atom is -0.366 e. The SMILES string of the molecule is CCC1(CC)CN(CC=C(C)C)c2ccccc2CN1. The van der Waals surface area contributed by atoms with Gasteiger partial charge in [0.2, 0.25) is 0 Å². The molecular formula is C18H28N2. The van der Waals surface area contributed by atoms with Gasteiger partial charge >= 0.3 is 0 Å². The van der Waals surface area contributed by atoms with E-state index in [0.717, 1.165) is 19.6 Å². The lowest BCUT2D eigenvalue weighted by Crippen LogP contribution is -2.51. The molecule has 0 saturated carbocycles. The Balaban J connectivity index is 2.34. The van der Waals surface area contributed by atoms with Crippen LogP contribution in [0.2, 0.25) is 0 Å². The maximum absolute atomic E-state index is 3.81. The summed E-state index contributed by atoms with van der Waals surface area (Å²) >= 11 is 0. The highest BCUT2D eigenvalue weighted by Crippen LogP contribution is 2.29. The van der Waals surface area contributed by atoms with Crippen LogP contribution in [0.4, 0.5) is 5.69 Å². The molecule has 1 aromatic carbocycles. The van der Waals surface area contributed by atoms with Crippen LogP contribution < -0.4 is 10.2 Å². The second kappa shape index (κ2) is 6.45. The van der Waals surface area contributed by atoms with Crippen LogP contribution in [0.5, 0.6) is 0 Å². The summed E-state index contributed by atoms with van der Waals surface area (Å²) < 4.78 is 0. The molecule has 1 heterocycles. The van der Waals surface area contributed by atoms with E-state index in [9.17, 15) is 0 Å². The van der Waals surface area contributed by atoms with Crippen LogP contribution in [-0.4, -0.2) is 18.6 Å². The van der Waals surface area contributed by atoms with Crippen LogP contribution in [0.15, 0.2) is 35.9 Å². The molecule has 1 aromatic rings. The zero-order valence-electron chi connectivity index (χ0n) is 13.4. The molecule has 0 aromatic heterocycles. The molecule has 1 N–H and O–H groups in total. The largest absolute Gasteiger partial charge is 0.366 e. The molecule has 2 rings (SSSR count). The average molecular weight is 272 g/mol. The van der Waals surface area contributed by atoms with Gasteiger partial charge in [-0.3, -0.25) is 0 Å². The van der Waals surface area contributed by atoms with E-state index in [1.807, 2.05) is 0 Å². The van der Waals surface area contributed by atoms with Crippen LogP contribution in [-0.2, 0) is 6.54 Å². The monoisotopic (exact) mass is 272 g/mol. The minimum atomic E-state index is 0.231. The van der Waals surface area contributed by atoms with E-state index in [1.54, 1.807) is 0 Å². The maximum Gasteiger partial charge on any atom is 0.0415 e. The van der Waals surface area contributed by atoms with Gasteiger partial charge in [0.15, 0.2) is 0 Å². The summed E-state index contributed by atoms with van der Waals surface area (Å²) in [4.78, 5) is 2.54. The molecule has 1 aliphatic heterocycles. The minimum absolute atomic E-state index is 0.231. The number of para-hydroxylation sites is 1. The summed E-state index contributed by atoms with van der Waals surface area (Å²) in [7, 11) is 0. The second-order valence-electron chi connectivity index (χ2n) is 6.13.